The van der Waals surface area contributed by atoms with Crippen LogP contribution >= 0.6 is 11.5 Å². The molecule has 0 saturated heterocycles. The van der Waals surface area contributed by atoms with Gasteiger partial charge in [-0.3, -0.25) is 0 Å². The van der Waals surface area contributed by atoms with E-state index in [1.165, 1.54) is 5.69 Å². The zero-order chi connectivity index (χ0) is 5.28. The van der Waals surface area contributed by atoms with Crippen LogP contribution in [-0.2, 0) is 7.05 Å². The van der Waals surface area contributed by atoms with Crippen molar-refractivity contribution in [1.29, 1.82) is 0 Å². The molecule has 3 heteroatoms. The lowest BCUT2D eigenvalue weighted by atomic mass is 10.5. The van der Waals surface area contributed by atoms with Crippen molar-refractivity contribution in [3.8, 4) is 0 Å². The van der Waals surface area contributed by atoms with Gasteiger partial charge >= 0.3 is 0 Å². The first-order valence-corrected chi connectivity index (χ1v) is 3.05. The van der Waals surface area contributed by atoms with Crippen molar-refractivity contribution in [2.24, 2.45) is 7.05 Å². The van der Waals surface area contributed by atoms with Crippen molar-refractivity contribution >= 4 is 11.5 Å². The molecule has 0 N–H and O–H groups in total. The molecule has 0 aliphatic carbocycles. The van der Waals surface area contributed by atoms with Gasteiger partial charge in [-0.15, -0.1) is 3.96 Å². The van der Waals surface area contributed by atoms with E-state index >= 15 is 0 Å². The third-order valence-corrected chi connectivity index (χ3v) is 1.89. The molecule has 0 spiro atoms. The van der Waals surface area contributed by atoms with Gasteiger partial charge in [0, 0.05) is 13.0 Å². The molecule has 0 amide bonds. The van der Waals surface area contributed by atoms with Gasteiger partial charge in [0.2, 0.25) is 0 Å². The summed E-state index contributed by atoms with van der Waals surface area (Å²) >= 11 is 1.72. The van der Waals surface area contributed by atoms with Gasteiger partial charge in [-0.2, -0.15) is 0 Å². The highest BCUT2D eigenvalue weighted by Gasteiger charge is 1.96. The molecular formula is C5H8INS. The van der Waals surface area contributed by atoms with Gasteiger partial charge < -0.3 is 24.0 Å². The lowest BCUT2D eigenvalue weighted by molar-refractivity contribution is -0.607. The Kier molecular flexibility index (Phi) is 3.55. The van der Waals surface area contributed by atoms with E-state index in [0.29, 0.717) is 0 Å². The van der Waals surface area contributed by atoms with Crippen LogP contribution in [0.2, 0.25) is 0 Å². The summed E-state index contributed by atoms with van der Waals surface area (Å²) in [6.45, 7) is 2.09. The Labute approximate surface area is 70.5 Å². The van der Waals surface area contributed by atoms with Crippen molar-refractivity contribution in [1.82, 2.24) is 0 Å². The number of hydrogen-bond donors (Lipinski definition) is 0. The zero-order valence-corrected chi connectivity index (χ0v) is 7.86. The van der Waals surface area contributed by atoms with Crippen LogP contribution in [0.25, 0.3) is 0 Å². The molecule has 0 bridgehead atoms. The van der Waals surface area contributed by atoms with Gasteiger partial charge in [-0.25, -0.2) is 0 Å². The number of halogens is 1. The molecule has 0 fully saturated rings. The molecule has 0 saturated carbocycles. The Balaban J connectivity index is 0.000000490. The molecule has 46 valence electrons. The van der Waals surface area contributed by atoms with Crippen LogP contribution in [0.15, 0.2) is 11.4 Å². The predicted octanol–water partition coefficient (Wildman–Crippen LogP) is -2.11. The second kappa shape index (κ2) is 3.40. The first-order chi connectivity index (χ1) is 3.30. The fourth-order valence-corrected chi connectivity index (χ4v) is 1.08. The van der Waals surface area contributed by atoms with E-state index in [1.807, 2.05) is 0 Å². The van der Waals surface area contributed by atoms with Crippen LogP contribution in [0.5, 0.6) is 0 Å². The molecule has 0 atom stereocenters. The first kappa shape index (κ1) is 8.36. The highest BCUT2D eigenvalue weighted by molar-refractivity contribution is 6.99. The molecule has 1 aromatic heterocycles. The SMILES string of the molecule is Cc1ccs[n+]1C.[I-]. The maximum atomic E-state index is 2.12. The lowest BCUT2D eigenvalue weighted by Gasteiger charge is -1.72. The van der Waals surface area contributed by atoms with E-state index in [9.17, 15) is 0 Å². The lowest BCUT2D eigenvalue weighted by Crippen LogP contribution is -3.00. The van der Waals surface area contributed by atoms with E-state index in [0.717, 1.165) is 0 Å². The van der Waals surface area contributed by atoms with Crippen molar-refractivity contribution in [3.63, 3.8) is 0 Å². The van der Waals surface area contributed by atoms with Gasteiger partial charge in [-0.1, -0.05) is 0 Å². The van der Waals surface area contributed by atoms with Crippen LogP contribution in [-0.4, -0.2) is 0 Å². The molecule has 0 unspecified atom stereocenters. The largest absolute Gasteiger partial charge is 1.00 e. The molecule has 1 heterocycles. The van der Waals surface area contributed by atoms with Gasteiger partial charge in [-0.05, 0) is 0 Å². The monoisotopic (exact) mass is 241 g/mol. The third kappa shape index (κ3) is 1.70. The molecule has 0 aromatic carbocycles. The fraction of sp³-hybridized carbons (Fsp3) is 0.400. The number of hydrogen-bond acceptors (Lipinski definition) is 1. The number of aromatic nitrogens is 1. The minimum Gasteiger partial charge on any atom is -1.00 e. The highest BCUT2D eigenvalue weighted by Crippen LogP contribution is 1.90. The third-order valence-electron chi connectivity index (χ3n) is 1.02. The van der Waals surface area contributed by atoms with Gasteiger partial charge in [0.05, 0.1) is 5.38 Å². The Morgan fingerprint density at radius 2 is 2.25 bits per heavy atom. The molecule has 1 aromatic rings. The molecule has 8 heavy (non-hydrogen) atoms. The quantitative estimate of drug-likeness (QED) is 0.361. The number of aryl methyl sites for hydroxylation is 2. The molecule has 0 aliphatic heterocycles. The predicted molar refractivity (Wildman–Crippen MR) is 30.2 cm³/mol. The molecular weight excluding hydrogens is 233 g/mol. The van der Waals surface area contributed by atoms with E-state index < -0.39 is 0 Å². The van der Waals surface area contributed by atoms with Crippen molar-refractivity contribution < 1.29 is 27.9 Å². The Morgan fingerprint density at radius 3 is 2.38 bits per heavy atom. The topological polar surface area (TPSA) is 3.88 Å². The second-order valence-electron chi connectivity index (χ2n) is 1.55. The molecule has 1 nitrogen and oxygen atoms in total. The molecule has 0 radical (unpaired) electrons. The van der Waals surface area contributed by atoms with Crippen LogP contribution < -0.4 is 27.9 Å². The maximum absolute atomic E-state index is 2.12. The summed E-state index contributed by atoms with van der Waals surface area (Å²) in [5.41, 5.74) is 1.32. The van der Waals surface area contributed by atoms with Crippen molar-refractivity contribution in [2.45, 2.75) is 6.92 Å². The number of nitrogens with zero attached hydrogens (tertiary/aromatic N) is 1. The Bertz CT molecular complexity index is 145. The zero-order valence-electron chi connectivity index (χ0n) is 4.89. The van der Waals surface area contributed by atoms with Gasteiger partial charge in [0.25, 0.3) is 0 Å². The first-order valence-electron chi connectivity index (χ1n) is 2.21. The fourth-order valence-electron chi connectivity index (χ4n) is 0.408. The average molecular weight is 241 g/mol. The van der Waals surface area contributed by atoms with Crippen LogP contribution in [0.1, 0.15) is 5.69 Å². The normalized spacial score (nSPS) is 8.25. The minimum absolute atomic E-state index is 0. The Hall–Kier alpha value is 0.360. The van der Waals surface area contributed by atoms with E-state index in [1.54, 1.807) is 11.5 Å². The van der Waals surface area contributed by atoms with Gasteiger partial charge in [0.1, 0.15) is 11.5 Å². The summed E-state index contributed by atoms with van der Waals surface area (Å²) in [5, 5.41) is 2.08. The summed E-state index contributed by atoms with van der Waals surface area (Å²) in [4.78, 5) is 0. The Morgan fingerprint density at radius 1 is 1.62 bits per heavy atom. The summed E-state index contributed by atoms with van der Waals surface area (Å²) < 4.78 is 2.12. The van der Waals surface area contributed by atoms with Crippen LogP contribution in [0, 0.1) is 6.92 Å². The van der Waals surface area contributed by atoms with Crippen molar-refractivity contribution in [3.05, 3.63) is 17.1 Å². The van der Waals surface area contributed by atoms with E-state index in [4.69, 9.17) is 0 Å². The summed E-state index contributed by atoms with van der Waals surface area (Å²) in [7, 11) is 2.06. The minimum atomic E-state index is 0. The summed E-state index contributed by atoms with van der Waals surface area (Å²) in [6.07, 6.45) is 0. The smallest absolute Gasteiger partial charge is 0.193 e. The molecule has 0 aliphatic rings. The van der Waals surface area contributed by atoms with Gasteiger partial charge in [0.15, 0.2) is 12.7 Å². The number of rotatable bonds is 0. The standard InChI is InChI=1S/C5H8NS.HI/c1-5-3-4-7-6(5)2;/h3-4H,1-2H3;1H/q+1;/p-1. The summed E-state index contributed by atoms with van der Waals surface area (Å²) in [5.74, 6) is 0. The molecule has 1 rings (SSSR count). The average Bonchev–Trinajstić information content (AvgIpc) is 1.91. The van der Waals surface area contributed by atoms with E-state index in [-0.39, 0.29) is 24.0 Å². The second-order valence-corrected chi connectivity index (χ2v) is 2.58. The maximum Gasteiger partial charge on any atom is 0.193 e. The van der Waals surface area contributed by atoms with E-state index in [2.05, 4.69) is 29.4 Å². The van der Waals surface area contributed by atoms with Crippen molar-refractivity contribution in [2.75, 3.05) is 0 Å². The highest BCUT2D eigenvalue weighted by atomic mass is 127. The van der Waals surface area contributed by atoms with Crippen LogP contribution in [0.3, 0.4) is 0 Å². The summed E-state index contributed by atoms with van der Waals surface area (Å²) in [6, 6.07) is 2.10. The van der Waals surface area contributed by atoms with Crippen LogP contribution in [0.4, 0.5) is 0 Å².